The quantitative estimate of drug-likeness (QED) is 0.555. The first-order chi connectivity index (χ1) is 16.5. The number of carbonyl (C=O) groups excluding carboxylic acids is 3. The Bertz CT molecular complexity index is 1100. The number of carbonyl (C=O) groups is 3. The van der Waals surface area contributed by atoms with Gasteiger partial charge in [-0.2, -0.15) is 0 Å². The highest BCUT2D eigenvalue weighted by molar-refractivity contribution is 6.01. The Morgan fingerprint density at radius 1 is 1.12 bits per heavy atom. The third-order valence-corrected chi connectivity index (χ3v) is 5.84. The summed E-state index contributed by atoms with van der Waals surface area (Å²) in [6.07, 6.45) is 0.173. The molecule has 0 bridgehead atoms. The molecule has 4 amide bonds. The van der Waals surface area contributed by atoms with Gasteiger partial charge >= 0.3 is 6.03 Å². The third-order valence-electron chi connectivity index (χ3n) is 5.84. The number of hydrogen-bond acceptors (Lipinski definition) is 5. The van der Waals surface area contributed by atoms with Crippen molar-refractivity contribution in [3.63, 3.8) is 0 Å². The molecule has 1 unspecified atom stereocenters. The summed E-state index contributed by atoms with van der Waals surface area (Å²) in [6, 6.07) is 15.8. The lowest BCUT2D eigenvalue weighted by atomic mass is 9.95. The number of benzene rings is 2. The van der Waals surface area contributed by atoms with Crippen molar-refractivity contribution in [2.75, 3.05) is 40.4 Å². The molecule has 9 heteroatoms. The van der Waals surface area contributed by atoms with Crippen LogP contribution in [0.1, 0.15) is 18.0 Å². The molecule has 2 N–H and O–H groups in total. The van der Waals surface area contributed by atoms with Crippen molar-refractivity contribution in [3.8, 4) is 11.5 Å². The molecule has 1 atom stereocenters. The molecule has 34 heavy (non-hydrogen) atoms. The molecule has 0 spiro atoms. The van der Waals surface area contributed by atoms with Gasteiger partial charge in [-0.05, 0) is 29.8 Å². The summed E-state index contributed by atoms with van der Waals surface area (Å²) in [5, 5.41) is 5.68. The lowest BCUT2D eigenvalue weighted by Gasteiger charge is -2.31. The predicted molar refractivity (Wildman–Crippen MR) is 125 cm³/mol. The Morgan fingerprint density at radius 3 is 2.65 bits per heavy atom. The smallest absolute Gasteiger partial charge is 0.322 e. The number of likely N-dealkylation sites (N-methyl/N-ethyl adjacent to an activating group) is 1. The van der Waals surface area contributed by atoms with Gasteiger partial charge < -0.3 is 25.0 Å². The summed E-state index contributed by atoms with van der Waals surface area (Å²) in [4.78, 5) is 41.1. The first-order valence-corrected chi connectivity index (χ1v) is 11.1. The van der Waals surface area contributed by atoms with Gasteiger partial charge in [0.05, 0.1) is 30.5 Å². The molecule has 2 heterocycles. The number of para-hydroxylation sites is 1. The van der Waals surface area contributed by atoms with E-state index in [0.717, 1.165) is 5.56 Å². The Balaban J connectivity index is 1.51. The van der Waals surface area contributed by atoms with Crippen LogP contribution in [-0.4, -0.2) is 68.0 Å². The van der Waals surface area contributed by atoms with Crippen LogP contribution >= 0.6 is 0 Å². The second-order valence-electron chi connectivity index (χ2n) is 8.11. The largest absolute Gasteiger partial charge is 0.457 e. The van der Waals surface area contributed by atoms with Crippen LogP contribution in [0.25, 0.3) is 0 Å². The summed E-state index contributed by atoms with van der Waals surface area (Å²) in [7, 11) is 3.21. The molecule has 9 nitrogen and oxygen atoms in total. The molecule has 2 aromatic rings. The number of nitrogens with zero attached hydrogens (tertiary/aromatic N) is 2. The lowest BCUT2D eigenvalue weighted by Crippen LogP contribution is -2.45. The van der Waals surface area contributed by atoms with Crippen molar-refractivity contribution < 1.29 is 23.9 Å². The summed E-state index contributed by atoms with van der Waals surface area (Å²) in [5.74, 6) is 0.957. The van der Waals surface area contributed by atoms with Gasteiger partial charge in [-0.25, -0.2) is 4.79 Å². The SMILES string of the molecule is COCCNC(=O)CCN1CC2=C(C1=O)C(c1cccc(Oc3ccccc3)c1)NC(=O)N2C. The van der Waals surface area contributed by atoms with Crippen molar-refractivity contribution >= 4 is 17.8 Å². The number of urea groups is 1. The molecule has 0 fully saturated rings. The summed E-state index contributed by atoms with van der Waals surface area (Å²) in [6.45, 7) is 1.39. The summed E-state index contributed by atoms with van der Waals surface area (Å²) in [5.41, 5.74) is 1.90. The van der Waals surface area contributed by atoms with E-state index >= 15 is 0 Å². The van der Waals surface area contributed by atoms with Gasteiger partial charge in [-0.3, -0.25) is 14.5 Å². The van der Waals surface area contributed by atoms with Crippen molar-refractivity contribution in [2.45, 2.75) is 12.5 Å². The minimum atomic E-state index is -0.606. The Kier molecular flexibility index (Phi) is 7.12. The molecule has 0 aromatic heterocycles. The zero-order valence-electron chi connectivity index (χ0n) is 19.2. The predicted octanol–water partition coefficient (Wildman–Crippen LogP) is 2.42. The standard InChI is InChI=1S/C25H28N4O5/c1-28-20-16-29(13-11-21(30)26-12-14-33-2)24(31)22(20)23(27-25(28)32)17-7-6-10-19(15-17)34-18-8-4-3-5-9-18/h3-10,15,23H,11-14,16H2,1-2H3,(H,26,30)(H,27,32). The molecular formula is C25H28N4O5. The molecule has 178 valence electrons. The van der Waals surface area contributed by atoms with E-state index in [4.69, 9.17) is 9.47 Å². The van der Waals surface area contributed by atoms with Gasteiger partial charge in [0.15, 0.2) is 0 Å². The number of nitrogens with one attached hydrogen (secondary N) is 2. The van der Waals surface area contributed by atoms with Crippen LogP contribution in [0.3, 0.4) is 0 Å². The van der Waals surface area contributed by atoms with Crippen LogP contribution in [0.2, 0.25) is 0 Å². The first-order valence-electron chi connectivity index (χ1n) is 11.1. The van der Waals surface area contributed by atoms with E-state index in [1.54, 1.807) is 19.1 Å². The van der Waals surface area contributed by atoms with Gasteiger partial charge in [0.25, 0.3) is 5.91 Å². The maximum Gasteiger partial charge on any atom is 0.322 e. The zero-order chi connectivity index (χ0) is 24.1. The summed E-state index contributed by atoms with van der Waals surface area (Å²) < 4.78 is 10.9. The lowest BCUT2D eigenvalue weighted by molar-refractivity contribution is -0.127. The molecule has 0 saturated heterocycles. The fourth-order valence-electron chi connectivity index (χ4n) is 4.05. The van der Waals surface area contributed by atoms with Crippen LogP contribution in [0, 0.1) is 0 Å². The Morgan fingerprint density at radius 2 is 1.88 bits per heavy atom. The Labute approximate surface area is 198 Å². The van der Waals surface area contributed by atoms with E-state index in [9.17, 15) is 14.4 Å². The minimum Gasteiger partial charge on any atom is -0.457 e. The maximum atomic E-state index is 13.3. The fourth-order valence-corrected chi connectivity index (χ4v) is 4.05. The molecule has 0 aliphatic carbocycles. The van der Waals surface area contributed by atoms with E-state index in [0.29, 0.717) is 35.9 Å². The molecule has 2 aromatic carbocycles. The highest BCUT2D eigenvalue weighted by Gasteiger charge is 2.42. The highest BCUT2D eigenvalue weighted by Crippen LogP contribution is 2.37. The van der Waals surface area contributed by atoms with E-state index in [-0.39, 0.29) is 37.4 Å². The van der Waals surface area contributed by atoms with Crippen LogP contribution in [-0.2, 0) is 14.3 Å². The van der Waals surface area contributed by atoms with E-state index < -0.39 is 6.04 Å². The van der Waals surface area contributed by atoms with E-state index in [1.807, 2.05) is 54.6 Å². The maximum absolute atomic E-state index is 13.3. The average molecular weight is 465 g/mol. The second kappa shape index (κ2) is 10.4. The van der Waals surface area contributed by atoms with Crippen molar-refractivity contribution in [2.24, 2.45) is 0 Å². The number of rotatable bonds is 9. The number of methoxy groups -OCH3 is 1. The normalized spacial score (nSPS) is 17.5. The minimum absolute atomic E-state index is 0.153. The van der Waals surface area contributed by atoms with Crippen LogP contribution < -0.4 is 15.4 Å². The Hall–Kier alpha value is -3.85. The number of hydrogen-bond donors (Lipinski definition) is 2. The van der Waals surface area contributed by atoms with Gasteiger partial charge in [0.1, 0.15) is 11.5 Å². The molecule has 2 aliphatic heterocycles. The van der Waals surface area contributed by atoms with Crippen LogP contribution in [0.4, 0.5) is 4.79 Å². The first kappa shape index (κ1) is 23.3. The number of ether oxygens (including phenoxy) is 2. The van der Waals surface area contributed by atoms with Crippen LogP contribution in [0.5, 0.6) is 11.5 Å². The molecular weight excluding hydrogens is 436 g/mol. The van der Waals surface area contributed by atoms with Gasteiger partial charge in [0, 0.05) is 33.7 Å². The fraction of sp³-hybridized carbons (Fsp3) is 0.320. The van der Waals surface area contributed by atoms with E-state index in [2.05, 4.69) is 10.6 Å². The van der Waals surface area contributed by atoms with Gasteiger partial charge in [-0.1, -0.05) is 30.3 Å². The molecule has 2 aliphatic rings. The van der Waals surface area contributed by atoms with Crippen molar-refractivity contribution in [3.05, 3.63) is 71.4 Å². The third kappa shape index (κ3) is 5.04. The van der Waals surface area contributed by atoms with Gasteiger partial charge in [-0.15, -0.1) is 0 Å². The highest BCUT2D eigenvalue weighted by atomic mass is 16.5. The zero-order valence-corrected chi connectivity index (χ0v) is 19.2. The molecule has 0 radical (unpaired) electrons. The molecule has 0 saturated carbocycles. The molecule has 4 rings (SSSR count). The van der Waals surface area contributed by atoms with Gasteiger partial charge in [0.2, 0.25) is 5.91 Å². The average Bonchev–Trinajstić information content (AvgIpc) is 3.17. The summed E-state index contributed by atoms with van der Waals surface area (Å²) >= 11 is 0. The number of amides is 4. The monoisotopic (exact) mass is 464 g/mol. The van der Waals surface area contributed by atoms with E-state index in [1.165, 1.54) is 4.90 Å². The van der Waals surface area contributed by atoms with Crippen molar-refractivity contribution in [1.29, 1.82) is 0 Å². The topological polar surface area (TPSA) is 100 Å². The van der Waals surface area contributed by atoms with Crippen molar-refractivity contribution in [1.82, 2.24) is 20.4 Å². The van der Waals surface area contributed by atoms with Crippen LogP contribution in [0.15, 0.2) is 65.9 Å². The second-order valence-corrected chi connectivity index (χ2v) is 8.11.